The molecule has 0 atom stereocenters. The van der Waals surface area contributed by atoms with Gasteiger partial charge in [-0.2, -0.15) is 0 Å². The van der Waals surface area contributed by atoms with E-state index in [0.29, 0.717) is 6.54 Å². The second-order valence-electron chi connectivity index (χ2n) is 5.87. The lowest BCUT2D eigenvalue weighted by atomic mass is 10.1. The monoisotopic (exact) mass is 349 g/mol. The predicted molar refractivity (Wildman–Crippen MR) is 102 cm³/mol. The molecule has 1 fully saturated rings. The first-order valence-electron chi connectivity index (χ1n) is 8.16. The van der Waals surface area contributed by atoms with Crippen molar-refractivity contribution in [3.8, 4) is 11.5 Å². The van der Waals surface area contributed by atoms with Gasteiger partial charge in [-0.3, -0.25) is 4.90 Å². The van der Waals surface area contributed by atoms with Crippen LogP contribution in [0.2, 0.25) is 0 Å². The van der Waals surface area contributed by atoms with Gasteiger partial charge in [0.1, 0.15) is 0 Å². The van der Waals surface area contributed by atoms with Gasteiger partial charge in [0, 0.05) is 39.3 Å². The first-order chi connectivity index (χ1) is 11.6. The second-order valence-corrected chi connectivity index (χ2v) is 6.26. The summed E-state index contributed by atoms with van der Waals surface area (Å²) in [5.74, 6) is 1.56. The Hall–Kier alpha value is -1.79. The fourth-order valence-corrected chi connectivity index (χ4v) is 3.08. The summed E-state index contributed by atoms with van der Waals surface area (Å²) >= 11 is 5.41. The number of hydrogen-bond donors (Lipinski definition) is 1. The highest BCUT2D eigenvalue weighted by Crippen LogP contribution is 2.30. The van der Waals surface area contributed by atoms with Gasteiger partial charge >= 0.3 is 0 Å². The Balaban J connectivity index is 1.94. The third kappa shape index (κ3) is 4.61. The molecule has 0 spiro atoms. The number of nitrogens with one attached hydrogen (secondary N) is 1. The smallest absolute Gasteiger partial charge is 0.169 e. The highest BCUT2D eigenvalue weighted by atomic mass is 32.1. The Morgan fingerprint density at radius 2 is 1.83 bits per heavy atom. The zero-order valence-corrected chi connectivity index (χ0v) is 15.6. The molecule has 1 heterocycles. The van der Waals surface area contributed by atoms with E-state index in [-0.39, 0.29) is 0 Å². The first kappa shape index (κ1) is 18.5. The topological polar surface area (TPSA) is 37.0 Å². The fourth-order valence-electron chi connectivity index (χ4n) is 2.81. The van der Waals surface area contributed by atoms with Crippen LogP contribution in [-0.2, 0) is 6.54 Å². The summed E-state index contributed by atoms with van der Waals surface area (Å²) in [5.41, 5.74) is 2.49. The number of methoxy groups -OCH3 is 2. The van der Waals surface area contributed by atoms with Crippen LogP contribution in [0.5, 0.6) is 11.5 Å². The van der Waals surface area contributed by atoms with Gasteiger partial charge in [0.15, 0.2) is 16.6 Å². The van der Waals surface area contributed by atoms with Crippen LogP contribution in [-0.4, -0.2) is 61.9 Å². The molecule has 5 nitrogen and oxygen atoms in total. The van der Waals surface area contributed by atoms with Crippen molar-refractivity contribution in [3.05, 3.63) is 35.9 Å². The molecule has 1 N–H and O–H groups in total. The Labute approximate surface area is 150 Å². The quantitative estimate of drug-likeness (QED) is 0.627. The zero-order valence-electron chi connectivity index (χ0n) is 14.8. The molecule has 0 radical (unpaired) electrons. The number of benzene rings is 1. The van der Waals surface area contributed by atoms with Gasteiger partial charge < -0.3 is 19.7 Å². The van der Waals surface area contributed by atoms with E-state index in [0.717, 1.165) is 49.3 Å². The van der Waals surface area contributed by atoms with Crippen molar-refractivity contribution in [3.63, 3.8) is 0 Å². The normalized spacial score (nSPS) is 15.0. The fraction of sp³-hybridized carbons (Fsp3) is 0.500. The SMILES string of the molecule is C=CCNC(=S)N1CCN(Cc2cc(OC)c(OC)cc2C)CC1. The summed E-state index contributed by atoms with van der Waals surface area (Å²) in [6.07, 6.45) is 1.82. The lowest BCUT2D eigenvalue weighted by Gasteiger charge is -2.36. The molecule has 24 heavy (non-hydrogen) atoms. The molecule has 1 aliphatic heterocycles. The van der Waals surface area contributed by atoms with Crippen LogP contribution in [0.15, 0.2) is 24.8 Å². The van der Waals surface area contributed by atoms with Crippen LogP contribution in [0, 0.1) is 6.92 Å². The molecule has 0 saturated carbocycles. The highest BCUT2D eigenvalue weighted by molar-refractivity contribution is 7.80. The Bertz CT molecular complexity index is 584. The van der Waals surface area contributed by atoms with E-state index in [1.165, 1.54) is 11.1 Å². The number of nitrogens with zero attached hydrogens (tertiary/aromatic N) is 2. The number of ether oxygens (including phenoxy) is 2. The van der Waals surface area contributed by atoms with Crippen molar-refractivity contribution < 1.29 is 9.47 Å². The summed E-state index contributed by atoms with van der Waals surface area (Å²) in [6.45, 7) is 11.3. The maximum Gasteiger partial charge on any atom is 0.169 e. The Morgan fingerprint density at radius 1 is 1.21 bits per heavy atom. The number of rotatable bonds is 6. The maximum absolute atomic E-state index is 5.42. The van der Waals surface area contributed by atoms with Crippen molar-refractivity contribution in [2.24, 2.45) is 0 Å². The van der Waals surface area contributed by atoms with E-state index in [1.807, 2.05) is 12.1 Å². The number of aryl methyl sites for hydroxylation is 1. The molecule has 1 aliphatic rings. The molecular weight excluding hydrogens is 322 g/mol. The van der Waals surface area contributed by atoms with E-state index in [2.05, 4.69) is 34.7 Å². The minimum absolute atomic E-state index is 0.712. The summed E-state index contributed by atoms with van der Waals surface area (Å²) < 4.78 is 10.8. The maximum atomic E-state index is 5.42. The Morgan fingerprint density at radius 3 is 2.42 bits per heavy atom. The molecule has 2 rings (SSSR count). The zero-order chi connectivity index (χ0) is 17.5. The standard InChI is InChI=1S/C18H27N3O2S/c1-5-6-19-18(24)21-9-7-20(8-10-21)13-15-12-17(23-4)16(22-3)11-14(15)2/h5,11-12H,1,6-10,13H2,2-4H3,(H,19,24). The minimum Gasteiger partial charge on any atom is -0.493 e. The largest absolute Gasteiger partial charge is 0.493 e. The molecule has 1 saturated heterocycles. The van der Waals surface area contributed by atoms with Crippen molar-refractivity contribution in [2.75, 3.05) is 46.9 Å². The third-order valence-corrected chi connectivity index (χ3v) is 4.70. The molecule has 6 heteroatoms. The number of piperazine rings is 1. The molecule has 0 aromatic heterocycles. The summed E-state index contributed by atoms with van der Waals surface area (Å²) in [5, 5.41) is 4.01. The van der Waals surface area contributed by atoms with E-state index in [1.54, 1.807) is 14.2 Å². The van der Waals surface area contributed by atoms with Gasteiger partial charge in [-0.25, -0.2) is 0 Å². The molecule has 132 valence electrons. The van der Waals surface area contributed by atoms with Gasteiger partial charge in [0.05, 0.1) is 14.2 Å². The van der Waals surface area contributed by atoms with E-state index in [4.69, 9.17) is 21.7 Å². The van der Waals surface area contributed by atoms with E-state index < -0.39 is 0 Å². The third-order valence-electron chi connectivity index (χ3n) is 4.29. The average Bonchev–Trinajstić information content (AvgIpc) is 2.61. The predicted octanol–water partition coefficient (Wildman–Crippen LogP) is 2.19. The van der Waals surface area contributed by atoms with Gasteiger partial charge in [-0.05, 0) is 42.4 Å². The van der Waals surface area contributed by atoms with Gasteiger partial charge in [-0.1, -0.05) is 6.08 Å². The van der Waals surface area contributed by atoms with Crippen molar-refractivity contribution >= 4 is 17.3 Å². The minimum atomic E-state index is 0.712. The van der Waals surface area contributed by atoms with E-state index >= 15 is 0 Å². The summed E-state index contributed by atoms with van der Waals surface area (Å²) in [7, 11) is 3.34. The molecule has 1 aromatic carbocycles. The lowest BCUT2D eigenvalue weighted by molar-refractivity contribution is 0.174. The van der Waals surface area contributed by atoms with Crippen molar-refractivity contribution in [2.45, 2.75) is 13.5 Å². The van der Waals surface area contributed by atoms with Crippen LogP contribution < -0.4 is 14.8 Å². The summed E-state index contributed by atoms with van der Waals surface area (Å²) in [6, 6.07) is 4.12. The van der Waals surface area contributed by atoms with Crippen LogP contribution in [0.3, 0.4) is 0 Å². The molecular formula is C18H27N3O2S. The number of thiocarbonyl (C=S) groups is 1. The molecule has 0 aliphatic carbocycles. The second kappa shape index (κ2) is 8.89. The van der Waals surface area contributed by atoms with Crippen LogP contribution in [0.4, 0.5) is 0 Å². The summed E-state index contributed by atoms with van der Waals surface area (Å²) in [4.78, 5) is 4.66. The molecule has 0 amide bonds. The molecule has 1 aromatic rings. The average molecular weight is 350 g/mol. The van der Waals surface area contributed by atoms with Gasteiger partial charge in [0.25, 0.3) is 0 Å². The van der Waals surface area contributed by atoms with Gasteiger partial charge in [-0.15, -0.1) is 6.58 Å². The van der Waals surface area contributed by atoms with E-state index in [9.17, 15) is 0 Å². The molecule has 0 bridgehead atoms. The van der Waals surface area contributed by atoms with Crippen LogP contribution in [0.25, 0.3) is 0 Å². The molecule has 0 unspecified atom stereocenters. The van der Waals surface area contributed by atoms with Crippen LogP contribution >= 0.6 is 12.2 Å². The Kier molecular flexibility index (Phi) is 6.87. The van der Waals surface area contributed by atoms with Crippen molar-refractivity contribution in [1.82, 2.24) is 15.1 Å². The number of hydrogen-bond acceptors (Lipinski definition) is 4. The van der Waals surface area contributed by atoms with Crippen molar-refractivity contribution in [1.29, 1.82) is 0 Å². The van der Waals surface area contributed by atoms with Gasteiger partial charge in [0.2, 0.25) is 0 Å². The highest BCUT2D eigenvalue weighted by Gasteiger charge is 2.20. The first-order valence-corrected chi connectivity index (χ1v) is 8.57. The van der Waals surface area contributed by atoms with Crippen LogP contribution in [0.1, 0.15) is 11.1 Å². The lowest BCUT2D eigenvalue weighted by Crippen LogP contribution is -2.51.